The summed E-state index contributed by atoms with van der Waals surface area (Å²) in [5, 5.41) is 16.6. The van der Waals surface area contributed by atoms with Crippen molar-refractivity contribution < 1.29 is 24.0 Å². The van der Waals surface area contributed by atoms with Crippen LogP contribution in [0.4, 0.5) is 5.69 Å². The van der Waals surface area contributed by atoms with E-state index in [1.807, 2.05) is 24.3 Å². The molecule has 1 amide bonds. The maximum Gasteiger partial charge on any atom is 0.345 e. The summed E-state index contributed by atoms with van der Waals surface area (Å²) in [6.07, 6.45) is 1.38. The van der Waals surface area contributed by atoms with Gasteiger partial charge in [-0.2, -0.15) is 5.10 Å². The van der Waals surface area contributed by atoms with Crippen molar-refractivity contribution in [1.82, 2.24) is 5.43 Å². The molecule has 0 unspecified atom stereocenters. The number of non-ortho nitro benzene ring substituents is 1. The number of halogens is 1. The largest absolute Gasteiger partial charge is 0.484 e. The molecule has 0 aliphatic rings. The highest BCUT2D eigenvalue weighted by atomic mass is 35.5. The number of hydrazone groups is 1. The van der Waals surface area contributed by atoms with Crippen LogP contribution in [-0.2, 0) is 4.79 Å². The number of carbonyl (C=O) groups excluding carboxylic acids is 2. The van der Waals surface area contributed by atoms with E-state index in [9.17, 15) is 19.7 Å². The van der Waals surface area contributed by atoms with E-state index in [2.05, 4.69) is 10.5 Å². The fourth-order valence-corrected chi connectivity index (χ4v) is 3.51. The normalized spacial score (nSPS) is 10.8. The first kappa shape index (κ1) is 24.4. The Kier molecular flexibility index (Phi) is 7.52. The lowest BCUT2D eigenvalue weighted by Crippen LogP contribution is -2.24. The Bertz CT molecular complexity index is 1470. The topological polar surface area (TPSA) is 120 Å². The lowest BCUT2D eigenvalue weighted by molar-refractivity contribution is -0.384. The molecule has 0 spiro atoms. The molecule has 0 aliphatic carbocycles. The average Bonchev–Trinajstić information content (AvgIpc) is 2.89. The molecular weight excluding hydrogens is 486 g/mol. The molecule has 0 saturated carbocycles. The molecule has 4 rings (SSSR count). The van der Waals surface area contributed by atoms with E-state index in [0.29, 0.717) is 11.3 Å². The molecule has 0 saturated heterocycles. The molecule has 0 radical (unpaired) electrons. The number of nitrogens with one attached hydrogen (secondary N) is 1. The minimum Gasteiger partial charge on any atom is -0.484 e. The van der Waals surface area contributed by atoms with Gasteiger partial charge in [0.25, 0.3) is 11.6 Å². The van der Waals surface area contributed by atoms with E-state index < -0.39 is 16.8 Å². The number of benzene rings is 4. The van der Waals surface area contributed by atoms with Crippen LogP contribution in [0.5, 0.6) is 11.5 Å². The summed E-state index contributed by atoms with van der Waals surface area (Å²) in [4.78, 5) is 35.1. The number of nitro benzene ring substituents is 1. The first-order chi connectivity index (χ1) is 17.4. The predicted molar refractivity (Wildman–Crippen MR) is 135 cm³/mol. The van der Waals surface area contributed by atoms with Gasteiger partial charge >= 0.3 is 5.97 Å². The van der Waals surface area contributed by atoms with Crippen molar-refractivity contribution in [3.05, 3.63) is 111 Å². The zero-order valence-corrected chi connectivity index (χ0v) is 19.3. The van der Waals surface area contributed by atoms with Gasteiger partial charge < -0.3 is 9.47 Å². The van der Waals surface area contributed by atoms with Gasteiger partial charge in [-0.25, -0.2) is 10.2 Å². The summed E-state index contributed by atoms with van der Waals surface area (Å²) >= 11 is 6.12. The molecule has 180 valence electrons. The Hall–Kier alpha value is -4.76. The molecule has 0 fully saturated rings. The smallest absolute Gasteiger partial charge is 0.345 e. The van der Waals surface area contributed by atoms with Crippen molar-refractivity contribution in [2.24, 2.45) is 5.10 Å². The lowest BCUT2D eigenvalue weighted by Gasteiger charge is -2.11. The van der Waals surface area contributed by atoms with Crippen molar-refractivity contribution in [1.29, 1.82) is 0 Å². The van der Waals surface area contributed by atoms with Gasteiger partial charge in [0.05, 0.1) is 21.7 Å². The molecule has 10 heteroatoms. The highest BCUT2D eigenvalue weighted by molar-refractivity contribution is 6.33. The number of nitrogens with zero attached hydrogens (tertiary/aromatic N) is 2. The van der Waals surface area contributed by atoms with Gasteiger partial charge in [-0.15, -0.1) is 0 Å². The molecule has 0 aliphatic heterocycles. The van der Waals surface area contributed by atoms with Gasteiger partial charge in [-0.3, -0.25) is 14.9 Å². The highest BCUT2D eigenvalue weighted by Crippen LogP contribution is 2.28. The Morgan fingerprint density at radius 1 is 0.972 bits per heavy atom. The van der Waals surface area contributed by atoms with Crippen molar-refractivity contribution in [3.8, 4) is 11.5 Å². The Balaban J connectivity index is 1.48. The monoisotopic (exact) mass is 503 g/mol. The zero-order chi connectivity index (χ0) is 25.5. The van der Waals surface area contributed by atoms with Crippen molar-refractivity contribution in [2.45, 2.75) is 0 Å². The molecule has 1 N–H and O–H groups in total. The van der Waals surface area contributed by atoms with Gasteiger partial charge in [0.1, 0.15) is 11.5 Å². The number of amides is 1. The number of fused-ring (bicyclic) bond motifs is 1. The Labute approximate surface area is 210 Å². The van der Waals surface area contributed by atoms with E-state index in [1.165, 1.54) is 30.5 Å². The van der Waals surface area contributed by atoms with Crippen molar-refractivity contribution in [2.75, 3.05) is 6.61 Å². The zero-order valence-electron chi connectivity index (χ0n) is 18.6. The first-order valence-corrected chi connectivity index (χ1v) is 11.0. The maximum absolute atomic E-state index is 12.7. The number of esters is 1. The number of hydrogen-bond acceptors (Lipinski definition) is 7. The van der Waals surface area contributed by atoms with Crippen molar-refractivity contribution >= 4 is 46.2 Å². The van der Waals surface area contributed by atoms with Crippen LogP contribution in [0.15, 0.2) is 90.0 Å². The van der Waals surface area contributed by atoms with Crippen LogP contribution in [0.25, 0.3) is 10.8 Å². The molecule has 4 aromatic carbocycles. The summed E-state index contributed by atoms with van der Waals surface area (Å²) in [5.41, 5.74) is 2.96. The minimum atomic E-state index is -0.633. The number of ether oxygens (including phenoxy) is 2. The second kappa shape index (κ2) is 11.1. The van der Waals surface area contributed by atoms with E-state index in [0.717, 1.165) is 10.8 Å². The summed E-state index contributed by atoms with van der Waals surface area (Å²) in [7, 11) is 0. The van der Waals surface area contributed by atoms with Crippen LogP contribution < -0.4 is 14.9 Å². The summed E-state index contributed by atoms with van der Waals surface area (Å²) in [6.45, 7) is -0.362. The Morgan fingerprint density at radius 2 is 1.69 bits per heavy atom. The maximum atomic E-state index is 12.7. The summed E-state index contributed by atoms with van der Waals surface area (Å²) < 4.78 is 10.9. The Morgan fingerprint density at radius 3 is 2.44 bits per heavy atom. The average molecular weight is 504 g/mol. The molecule has 0 bridgehead atoms. The van der Waals surface area contributed by atoms with E-state index >= 15 is 0 Å². The molecule has 9 nitrogen and oxygen atoms in total. The fraction of sp³-hybridized carbons (Fsp3) is 0.0385. The number of nitro groups is 1. The lowest BCUT2D eigenvalue weighted by atomic mass is 10.0. The quantitative estimate of drug-likeness (QED) is 0.117. The SMILES string of the molecule is O=C(COc1ccc([N+](=O)[O-])cc1)N/N=C\c1c(OC(=O)c2ccccc2Cl)ccc2ccccc12. The summed E-state index contributed by atoms with van der Waals surface area (Å²) in [6, 6.07) is 22.7. The second-order valence-corrected chi connectivity index (χ2v) is 7.81. The third kappa shape index (κ3) is 5.83. The third-order valence-corrected chi connectivity index (χ3v) is 5.36. The van der Waals surface area contributed by atoms with Crippen LogP contribution >= 0.6 is 11.6 Å². The number of carbonyl (C=O) groups is 2. The standard InChI is InChI=1S/C26H18ClN3O6/c27-23-8-4-3-7-21(23)26(32)36-24-14-9-17-5-1-2-6-20(17)22(24)15-28-29-25(31)16-35-19-12-10-18(11-13-19)30(33)34/h1-15H,16H2,(H,29,31)/b28-15-. The molecule has 0 heterocycles. The van der Waals surface area contributed by atoms with Crippen molar-refractivity contribution in [3.63, 3.8) is 0 Å². The number of hydrogen-bond donors (Lipinski definition) is 1. The molecule has 4 aromatic rings. The van der Waals surface area contributed by atoms with Gasteiger partial charge in [0.2, 0.25) is 0 Å². The molecule has 0 aromatic heterocycles. The predicted octanol–water partition coefficient (Wildman–Crippen LogP) is 5.15. The van der Waals surface area contributed by atoms with E-state index in [-0.39, 0.29) is 28.6 Å². The van der Waals surface area contributed by atoms with Crippen LogP contribution in [0.1, 0.15) is 15.9 Å². The van der Waals surface area contributed by atoms with E-state index in [4.69, 9.17) is 21.1 Å². The highest BCUT2D eigenvalue weighted by Gasteiger charge is 2.16. The van der Waals surface area contributed by atoms with Crippen LogP contribution in [-0.4, -0.2) is 29.6 Å². The van der Waals surface area contributed by atoms with E-state index in [1.54, 1.807) is 36.4 Å². The second-order valence-electron chi connectivity index (χ2n) is 7.40. The number of rotatable bonds is 8. The van der Waals surface area contributed by atoms with Gasteiger partial charge in [-0.1, -0.05) is 54.1 Å². The first-order valence-electron chi connectivity index (χ1n) is 10.6. The molecule has 0 atom stereocenters. The third-order valence-electron chi connectivity index (χ3n) is 5.03. The van der Waals surface area contributed by atoms with Gasteiger partial charge in [0.15, 0.2) is 6.61 Å². The van der Waals surface area contributed by atoms with Crippen LogP contribution in [0.3, 0.4) is 0 Å². The van der Waals surface area contributed by atoms with Gasteiger partial charge in [0, 0.05) is 17.7 Å². The van der Waals surface area contributed by atoms with Gasteiger partial charge in [-0.05, 0) is 41.1 Å². The summed E-state index contributed by atoms with van der Waals surface area (Å²) in [5.74, 6) is -0.660. The van der Waals surface area contributed by atoms with Crippen LogP contribution in [0.2, 0.25) is 5.02 Å². The van der Waals surface area contributed by atoms with Crippen LogP contribution in [0, 0.1) is 10.1 Å². The molecular formula is C26H18ClN3O6. The molecule has 36 heavy (non-hydrogen) atoms. The minimum absolute atomic E-state index is 0.0856. The fourth-order valence-electron chi connectivity index (χ4n) is 3.29.